The van der Waals surface area contributed by atoms with Crippen LogP contribution in [0.15, 0.2) is 0 Å². The maximum Gasteiger partial charge on any atom is 0.324 e. The standard InChI is InChI=1S/C12H21N3O2/c1-9-4-3-6-14(8-9)10(2)11(16)15-7-5-13-12(15)17/h9-10H,3-8H2,1-2H3,(H,13,17)/t9-,10-/m0/s1. The third kappa shape index (κ3) is 2.60. The summed E-state index contributed by atoms with van der Waals surface area (Å²) in [4.78, 5) is 27.2. The molecule has 5 heteroatoms. The molecule has 17 heavy (non-hydrogen) atoms. The van der Waals surface area contributed by atoms with Crippen molar-refractivity contribution in [3.8, 4) is 0 Å². The average Bonchev–Trinajstić information content (AvgIpc) is 2.73. The van der Waals surface area contributed by atoms with E-state index in [0.717, 1.165) is 19.5 Å². The molecule has 2 saturated heterocycles. The van der Waals surface area contributed by atoms with Gasteiger partial charge in [0.05, 0.1) is 6.04 Å². The number of piperidine rings is 1. The van der Waals surface area contributed by atoms with Gasteiger partial charge in [0.2, 0.25) is 5.91 Å². The summed E-state index contributed by atoms with van der Waals surface area (Å²) < 4.78 is 0. The Hall–Kier alpha value is -1.10. The van der Waals surface area contributed by atoms with Crippen molar-refractivity contribution in [3.05, 3.63) is 0 Å². The molecule has 0 aromatic rings. The summed E-state index contributed by atoms with van der Waals surface area (Å²) in [7, 11) is 0. The number of rotatable bonds is 2. The predicted octanol–water partition coefficient (Wildman–Crippen LogP) is 0.659. The van der Waals surface area contributed by atoms with Gasteiger partial charge in [0.15, 0.2) is 0 Å². The summed E-state index contributed by atoms with van der Waals surface area (Å²) in [5, 5.41) is 2.66. The number of nitrogens with one attached hydrogen (secondary N) is 1. The minimum absolute atomic E-state index is 0.0610. The largest absolute Gasteiger partial charge is 0.336 e. The number of likely N-dealkylation sites (tertiary alicyclic amines) is 1. The number of carbonyl (C=O) groups is 2. The molecule has 2 aliphatic heterocycles. The van der Waals surface area contributed by atoms with Gasteiger partial charge in [0.1, 0.15) is 0 Å². The highest BCUT2D eigenvalue weighted by Gasteiger charge is 2.33. The molecule has 0 unspecified atom stereocenters. The van der Waals surface area contributed by atoms with Crippen LogP contribution in [0.1, 0.15) is 26.7 Å². The van der Waals surface area contributed by atoms with Crippen LogP contribution in [0.4, 0.5) is 4.79 Å². The van der Waals surface area contributed by atoms with Gasteiger partial charge in [-0.05, 0) is 32.2 Å². The lowest BCUT2D eigenvalue weighted by molar-refractivity contribution is -0.133. The van der Waals surface area contributed by atoms with Crippen molar-refractivity contribution in [1.29, 1.82) is 0 Å². The van der Waals surface area contributed by atoms with Crippen molar-refractivity contribution in [2.24, 2.45) is 5.92 Å². The molecule has 1 N–H and O–H groups in total. The summed E-state index contributed by atoms with van der Waals surface area (Å²) >= 11 is 0. The van der Waals surface area contributed by atoms with Crippen LogP contribution in [0.3, 0.4) is 0 Å². The number of imide groups is 1. The molecule has 0 spiro atoms. The first-order valence-corrected chi connectivity index (χ1v) is 6.43. The minimum atomic E-state index is -0.244. The van der Waals surface area contributed by atoms with Crippen molar-refractivity contribution < 1.29 is 9.59 Å². The van der Waals surface area contributed by atoms with E-state index in [4.69, 9.17) is 0 Å². The highest BCUT2D eigenvalue weighted by atomic mass is 16.2. The monoisotopic (exact) mass is 239 g/mol. The average molecular weight is 239 g/mol. The summed E-state index contributed by atoms with van der Waals surface area (Å²) in [6.45, 7) is 7.13. The molecule has 0 aromatic heterocycles. The van der Waals surface area contributed by atoms with Crippen molar-refractivity contribution in [1.82, 2.24) is 15.1 Å². The van der Waals surface area contributed by atoms with Crippen LogP contribution >= 0.6 is 0 Å². The second kappa shape index (κ2) is 5.04. The Morgan fingerprint density at radius 3 is 2.82 bits per heavy atom. The third-order valence-electron chi connectivity index (χ3n) is 3.72. The molecule has 0 aromatic carbocycles. The summed E-state index contributed by atoms with van der Waals surface area (Å²) in [5.74, 6) is 0.584. The fourth-order valence-electron chi connectivity index (χ4n) is 2.64. The maximum absolute atomic E-state index is 12.2. The number of urea groups is 1. The van der Waals surface area contributed by atoms with Gasteiger partial charge < -0.3 is 5.32 Å². The van der Waals surface area contributed by atoms with Crippen molar-refractivity contribution in [2.75, 3.05) is 26.2 Å². The Kier molecular flexibility index (Phi) is 3.66. The molecule has 2 rings (SSSR count). The van der Waals surface area contributed by atoms with Gasteiger partial charge in [-0.25, -0.2) is 4.79 Å². The van der Waals surface area contributed by atoms with E-state index in [9.17, 15) is 9.59 Å². The van der Waals surface area contributed by atoms with E-state index in [-0.39, 0.29) is 18.0 Å². The lowest BCUT2D eigenvalue weighted by atomic mass is 9.99. The first-order valence-electron chi connectivity index (χ1n) is 6.43. The minimum Gasteiger partial charge on any atom is -0.336 e. The molecule has 5 nitrogen and oxygen atoms in total. The van der Waals surface area contributed by atoms with E-state index in [0.29, 0.717) is 19.0 Å². The Bertz CT molecular complexity index is 319. The van der Waals surface area contributed by atoms with E-state index in [1.807, 2.05) is 6.92 Å². The third-order valence-corrected chi connectivity index (χ3v) is 3.72. The zero-order valence-electron chi connectivity index (χ0n) is 10.6. The van der Waals surface area contributed by atoms with Crippen LogP contribution in [0.5, 0.6) is 0 Å². The fourth-order valence-corrected chi connectivity index (χ4v) is 2.64. The molecule has 2 aliphatic rings. The van der Waals surface area contributed by atoms with Gasteiger partial charge in [-0.2, -0.15) is 0 Å². The molecule has 0 saturated carbocycles. The van der Waals surface area contributed by atoms with Gasteiger partial charge in [0.25, 0.3) is 0 Å². The van der Waals surface area contributed by atoms with Crippen molar-refractivity contribution >= 4 is 11.9 Å². The molecule has 0 bridgehead atoms. The molecule has 0 radical (unpaired) electrons. The number of carbonyl (C=O) groups excluding carboxylic acids is 2. The van der Waals surface area contributed by atoms with Crippen molar-refractivity contribution in [3.63, 3.8) is 0 Å². The van der Waals surface area contributed by atoms with Crippen LogP contribution < -0.4 is 5.32 Å². The van der Waals surface area contributed by atoms with Gasteiger partial charge in [-0.1, -0.05) is 6.92 Å². The molecule has 2 heterocycles. The topological polar surface area (TPSA) is 52.7 Å². The van der Waals surface area contributed by atoms with Crippen molar-refractivity contribution in [2.45, 2.75) is 32.7 Å². The van der Waals surface area contributed by atoms with Gasteiger partial charge in [-0.3, -0.25) is 14.6 Å². The van der Waals surface area contributed by atoms with E-state index < -0.39 is 0 Å². The molecular weight excluding hydrogens is 218 g/mol. The quantitative estimate of drug-likeness (QED) is 0.770. The predicted molar refractivity (Wildman–Crippen MR) is 64.5 cm³/mol. The number of amides is 3. The number of hydrogen-bond donors (Lipinski definition) is 1. The Morgan fingerprint density at radius 2 is 2.24 bits per heavy atom. The molecule has 2 atom stereocenters. The number of nitrogens with zero attached hydrogens (tertiary/aromatic N) is 2. The van der Waals surface area contributed by atoms with E-state index >= 15 is 0 Å². The van der Waals surface area contributed by atoms with Crippen LogP contribution in [0.2, 0.25) is 0 Å². The highest BCUT2D eigenvalue weighted by molar-refractivity contribution is 5.98. The Labute approximate surface area is 102 Å². The first kappa shape index (κ1) is 12.4. The van der Waals surface area contributed by atoms with Gasteiger partial charge in [0, 0.05) is 19.6 Å². The van der Waals surface area contributed by atoms with E-state index in [2.05, 4.69) is 17.1 Å². The Balaban J connectivity index is 1.96. The second-order valence-corrected chi connectivity index (χ2v) is 5.14. The fraction of sp³-hybridized carbons (Fsp3) is 0.833. The van der Waals surface area contributed by atoms with E-state index in [1.165, 1.54) is 11.3 Å². The maximum atomic E-state index is 12.2. The summed E-state index contributed by atoms with van der Waals surface area (Å²) in [5.41, 5.74) is 0. The molecule has 0 aliphatic carbocycles. The second-order valence-electron chi connectivity index (χ2n) is 5.14. The summed E-state index contributed by atoms with van der Waals surface area (Å²) in [6, 6.07) is -0.423. The lowest BCUT2D eigenvalue weighted by Gasteiger charge is -2.35. The molecule has 96 valence electrons. The van der Waals surface area contributed by atoms with Crippen LogP contribution in [0.25, 0.3) is 0 Å². The lowest BCUT2D eigenvalue weighted by Crippen LogP contribution is -2.50. The SMILES string of the molecule is C[C@H]1CCCN([C@@H](C)C(=O)N2CCNC2=O)C1. The highest BCUT2D eigenvalue weighted by Crippen LogP contribution is 2.18. The molecule has 2 fully saturated rings. The van der Waals surface area contributed by atoms with Gasteiger partial charge >= 0.3 is 6.03 Å². The Morgan fingerprint density at radius 1 is 1.47 bits per heavy atom. The van der Waals surface area contributed by atoms with Crippen LogP contribution in [-0.4, -0.2) is 54.0 Å². The van der Waals surface area contributed by atoms with Crippen LogP contribution in [-0.2, 0) is 4.79 Å². The molecular formula is C12H21N3O2. The smallest absolute Gasteiger partial charge is 0.324 e. The van der Waals surface area contributed by atoms with Crippen LogP contribution in [0, 0.1) is 5.92 Å². The van der Waals surface area contributed by atoms with Gasteiger partial charge in [-0.15, -0.1) is 0 Å². The zero-order valence-corrected chi connectivity index (χ0v) is 10.6. The first-order chi connectivity index (χ1) is 8.09. The normalized spacial score (nSPS) is 28.0. The number of hydrogen-bond acceptors (Lipinski definition) is 3. The van der Waals surface area contributed by atoms with E-state index in [1.54, 1.807) is 0 Å². The molecule has 3 amide bonds. The summed E-state index contributed by atoms with van der Waals surface area (Å²) in [6.07, 6.45) is 2.38. The zero-order chi connectivity index (χ0) is 12.4.